The summed E-state index contributed by atoms with van der Waals surface area (Å²) in [5.74, 6) is 1.14. The Bertz CT molecular complexity index is 879. The van der Waals surface area contributed by atoms with Crippen LogP contribution in [0.1, 0.15) is 13.8 Å². The molecule has 8 heteroatoms. The lowest BCUT2D eigenvalue weighted by Crippen LogP contribution is -2.15. The molecule has 130 valence electrons. The van der Waals surface area contributed by atoms with Crippen LogP contribution in [0.25, 0.3) is 17.0 Å². The van der Waals surface area contributed by atoms with Crippen molar-refractivity contribution < 1.29 is 14.3 Å². The Morgan fingerprint density at radius 3 is 2.64 bits per heavy atom. The molecule has 0 amide bonds. The molecule has 25 heavy (non-hydrogen) atoms. The first kappa shape index (κ1) is 17.2. The van der Waals surface area contributed by atoms with E-state index in [-0.39, 0.29) is 11.2 Å². The third-order valence-electron chi connectivity index (χ3n) is 3.49. The largest absolute Gasteiger partial charge is 0.494 e. The van der Waals surface area contributed by atoms with Crippen molar-refractivity contribution in [2.75, 3.05) is 13.7 Å². The molecule has 0 fully saturated rings. The van der Waals surface area contributed by atoms with Gasteiger partial charge in [0.2, 0.25) is 0 Å². The van der Waals surface area contributed by atoms with Crippen LogP contribution in [0.3, 0.4) is 0 Å². The zero-order chi connectivity index (χ0) is 17.8. The van der Waals surface area contributed by atoms with Gasteiger partial charge in [0, 0.05) is 5.56 Å². The van der Waals surface area contributed by atoms with Crippen molar-refractivity contribution in [1.82, 2.24) is 19.8 Å². The van der Waals surface area contributed by atoms with E-state index in [1.165, 1.54) is 18.9 Å². The molecule has 1 atom stereocenters. The first-order valence-corrected chi connectivity index (χ1v) is 8.70. The summed E-state index contributed by atoms with van der Waals surface area (Å²) in [4.78, 5) is 11.6. The molecule has 0 saturated heterocycles. The molecule has 0 unspecified atom stereocenters. The van der Waals surface area contributed by atoms with E-state index in [0.29, 0.717) is 23.1 Å². The van der Waals surface area contributed by atoms with Gasteiger partial charge in [-0.1, -0.05) is 11.8 Å². The molecular formula is C17H18N4O3S. The van der Waals surface area contributed by atoms with Gasteiger partial charge in [-0.25, -0.2) is 0 Å². The smallest absolute Gasteiger partial charge is 0.318 e. The predicted octanol–water partition coefficient (Wildman–Crippen LogP) is 2.84. The monoisotopic (exact) mass is 358 g/mol. The summed E-state index contributed by atoms with van der Waals surface area (Å²) in [6, 6.07) is 11.2. The highest BCUT2D eigenvalue weighted by Gasteiger charge is 2.17. The summed E-state index contributed by atoms with van der Waals surface area (Å²) >= 11 is 1.33. The molecule has 3 aromatic rings. The highest BCUT2D eigenvalue weighted by atomic mass is 32.2. The number of nitrogens with zero attached hydrogens (tertiary/aromatic N) is 4. The summed E-state index contributed by atoms with van der Waals surface area (Å²) in [6.07, 6.45) is 0. The molecule has 1 aromatic carbocycles. The number of hydrogen-bond acceptors (Lipinski definition) is 7. The van der Waals surface area contributed by atoms with Crippen molar-refractivity contribution in [1.29, 1.82) is 0 Å². The van der Waals surface area contributed by atoms with Gasteiger partial charge in [-0.2, -0.15) is 9.61 Å². The molecule has 2 aromatic heterocycles. The Morgan fingerprint density at radius 1 is 1.20 bits per heavy atom. The van der Waals surface area contributed by atoms with Crippen LogP contribution >= 0.6 is 11.8 Å². The number of aromatic nitrogens is 4. The van der Waals surface area contributed by atoms with E-state index in [0.717, 1.165) is 11.3 Å². The average Bonchev–Trinajstić information content (AvgIpc) is 3.05. The number of thioether (sulfide) groups is 1. The Balaban J connectivity index is 1.91. The lowest BCUT2D eigenvalue weighted by atomic mass is 10.2. The number of benzene rings is 1. The second kappa shape index (κ2) is 7.52. The highest BCUT2D eigenvalue weighted by molar-refractivity contribution is 8.00. The maximum absolute atomic E-state index is 11.6. The van der Waals surface area contributed by atoms with Gasteiger partial charge in [0.15, 0.2) is 11.5 Å². The average molecular weight is 358 g/mol. The van der Waals surface area contributed by atoms with Gasteiger partial charge in [-0.05, 0) is 50.2 Å². The molecule has 0 aliphatic rings. The quantitative estimate of drug-likeness (QED) is 0.495. The molecule has 2 heterocycles. The Kier molecular flexibility index (Phi) is 5.18. The summed E-state index contributed by atoms with van der Waals surface area (Å²) in [6.45, 7) is 4.34. The van der Waals surface area contributed by atoms with Gasteiger partial charge in [-0.15, -0.1) is 10.2 Å². The van der Waals surface area contributed by atoms with Gasteiger partial charge < -0.3 is 9.47 Å². The van der Waals surface area contributed by atoms with Crippen molar-refractivity contribution in [3.05, 3.63) is 36.4 Å². The van der Waals surface area contributed by atoms with Crippen LogP contribution in [0.4, 0.5) is 0 Å². The van der Waals surface area contributed by atoms with Crippen molar-refractivity contribution in [3.8, 4) is 17.1 Å². The van der Waals surface area contributed by atoms with Gasteiger partial charge in [0.25, 0.3) is 0 Å². The number of methoxy groups -OCH3 is 1. The fraction of sp³-hybridized carbons (Fsp3) is 0.294. The van der Waals surface area contributed by atoms with Crippen molar-refractivity contribution >= 4 is 23.4 Å². The predicted molar refractivity (Wildman–Crippen MR) is 94.7 cm³/mol. The number of hydrogen-bond donors (Lipinski definition) is 0. The third-order valence-corrected chi connectivity index (χ3v) is 4.50. The lowest BCUT2D eigenvalue weighted by molar-refractivity contribution is -0.139. The van der Waals surface area contributed by atoms with E-state index in [4.69, 9.17) is 9.47 Å². The molecule has 0 aliphatic carbocycles. The van der Waals surface area contributed by atoms with Gasteiger partial charge in [0.05, 0.1) is 13.7 Å². The molecular weight excluding hydrogens is 340 g/mol. The molecule has 0 radical (unpaired) electrons. The van der Waals surface area contributed by atoms with Gasteiger partial charge in [0.1, 0.15) is 16.0 Å². The Labute approximate surface area is 149 Å². The topological polar surface area (TPSA) is 78.6 Å². The number of rotatable bonds is 6. The van der Waals surface area contributed by atoms with E-state index in [9.17, 15) is 4.79 Å². The van der Waals surface area contributed by atoms with E-state index in [1.54, 1.807) is 11.4 Å². The van der Waals surface area contributed by atoms with Crippen LogP contribution in [0, 0.1) is 0 Å². The standard InChI is InChI=1S/C17H18N4O3S/c1-4-24-13-7-5-12(6-8-13)16-19-18-14-9-10-15(20-21(14)16)25-11(2)17(22)23-3/h5-11H,4H2,1-3H3/t11-/m1/s1. The summed E-state index contributed by atoms with van der Waals surface area (Å²) in [5, 5.41) is 13.3. The van der Waals surface area contributed by atoms with Crippen LogP contribution < -0.4 is 4.74 Å². The second-order valence-corrected chi connectivity index (χ2v) is 6.57. The number of carbonyl (C=O) groups is 1. The second-order valence-electron chi connectivity index (χ2n) is 5.21. The van der Waals surface area contributed by atoms with Crippen LogP contribution in [0.5, 0.6) is 5.75 Å². The summed E-state index contributed by atoms with van der Waals surface area (Å²) in [7, 11) is 1.37. The fourth-order valence-electron chi connectivity index (χ4n) is 2.28. The molecule has 0 saturated carbocycles. The molecule has 0 aliphatic heterocycles. The van der Waals surface area contributed by atoms with Crippen LogP contribution in [0.15, 0.2) is 41.4 Å². The van der Waals surface area contributed by atoms with E-state index >= 15 is 0 Å². The molecule has 0 spiro atoms. The summed E-state index contributed by atoms with van der Waals surface area (Å²) < 4.78 is 11.9. The van der Waals surface area contributed by atoms with Gasteiger partial charge >= 0.3 is 5.97 Å². The van der Waals surface area contributed by atoms with Crippen LogP contribution in [-0.4, -0.2) is 44.7 Å². The minimum absolute atomic E-state index is 0.289. The minimum atomic E-state index is -0.347. The van der Waals surface area contributed by atoms with E-state index in [2.05, 4.69) is 15.3 Å². The number of fused-ring (bicyclic) bond motifs is 1. The van der Waals surface area contributed by atoms with Crippen molar-refractivity contribution in [3.63, 3.8) is 0 Å². The first-order chi connectivity index (χ1) is 12.1. The normalized spacial score (nSPS) is 12.1. The number of carbonyl (C=O) groups excluding carboxylic acids is 1. The van der Waals surface area contributed by atoms with Crippen molar-refractivity contribution in [2.45, 2.75) is 24.1 Å². The van der Waals surface area contributed by atoms with Crippen LogP contribution in [-0.2, 0) is 9.53 Å². The molecule has 0 bridgehead atoms. The zero-order valence-electron chi connectivity index (χ0n) is 14.2. The highest BCUT2D eigenvalue weighted by Crippen LogP contribution is 2.25. The van der Waals surface area contributed by atoms with Gasteiger partial charge in [-0.3, -0.25) is 4.79 Å². The van der Waals surface area contributed by atoms with Crippen molar-refractivity contribution in [2.24, 2.45) is 0 Å². The number of ether oxygens (including phenoxy) is 2. The molecule has 0 N–H and O–H groups in total. The third kappa shape index (κ3) is 3.74. The maximum atomic E-state index is 11.6. The lowest BCUT2D eigenvalue weighted by Gasteiger charge is -2.08. The summed E-state index contributed by atoms with van der Waals surface area (Å²) in [5.41, 5.74) is 1.52. The molecule has 7 nitrogen and oxygen atoms in total. The Morgan fingerprint density at radius 2 is 1.96 bits per heavy atom. The maximum Gasteiger partial charge on any atom is 0.318 e. The number of esters is 1. The Hall–Kier alpha value is -2.61. The zero-order valence-corrected chi connectivity index (χ0v) is 15.0. The molecule has 3 rings (SSSR count). The first-order valence-electron chi connectivity index (χ1n) is 7.82. The minimum Gasteiger partial charge on any atom is -0.494 e. The van der Waals surface area contributed by atoms with E-state index in [1.807, 2.05) is 43.3 Å². The van der Waals surface area contributed by atoms with Crippen LogP contribution in [0.2, 0.25) is 0 Å². The SMILES string of the molecule is CCOc1ccc(-c2nnc3ccc(S[C@H](C)C(=O)OC)nn23)cc1. The van der Waals surface area contributed by atoms with E-state index < -0.39 is 0 Å². The fourth-order valence-corrected chi connectivity index (χ4v) is 3.11.